The van der Waals surface area contributed by atoms with Crippen molar-refractivity contribution in [1.29, 1.82) is 0 Å². The number of hydrogen-bond acceptors (Lipinski definition) is 3. The number of amides is 3. The van der Waals surface area contributed by atoms with E-state index in [1.807, 2.05) is 43.3 Å². The molecule has 0 aromatic heterocycles. The molecule has 0 bridgehead atoms. The highest BCUT2D eigenvalue weighted by Gasteiger charge is 2.33. The van der Waals surface area contributed by atoms with Crippen LogP contribution >= 0.6 is 0 Å². The lowest BCUT2D eigenvalue weighted by Gasteiger charge is -2.12. The van der Waals surface area contributed by atoms with Gasteiger partial charge in [0.2, 0.25) is 0 Å². The van der Waals surface area contributed by atoms with E-state index in [1.165, 1.54) is 12.1 Å². The maximum Gasteiger partial charge on any atom is 0.329 e. The predicted octanol–water partition coefficient (Wildman–Crippen LogP) is 4.47. The summed E-state index contributed by atoms with van der Waals surface area (Å²) in [6.07, 6.45) is 1.65. The molecule has 0 radical (unpaired) electrons. The highest BCUT2D eigenvalue weighted by atomic mass is 19.1. The maximum atomic E-state index is 13.1. The molecule has 4 rings (SSSR count). The van der Waals surface area contributed by atoms with E-state index in [4.69, 9.17) is 4.74 Å². The molecule has 1 aliphatic heterocycles. The molecule has 0 atom stereocenters. The smallest absolute Gasteiger partial charge is 0.329 e. The van der Waals surface area contributed by atoms with E-state index in [-0.39, 0.29) is 18.1 Å². The highest BCUT2D eigenvalue weighted by Crippen LogP contribution is 2.31. The number of nitrogens with one attached hydrogen (secondary N) is 1. The van der Waals surface area contributed by atoms with Crippen LogP contribution < -0.4 is 10.1 Å². The zero-order valence-electron chi connectivity index (χ0n) is 15.8. The summed E-state index contributed by atoms with van der Waals surface area (Å²) in [5.41, 5.74) is 1.57. The van der Waals surface area contributed by atoms with E-state index in [1.54, 1.807) is 18.2 Å². The fraction of sp³-hybridized carbons (Fsp3) is 0.130. The van der Waals surface area contributed by atoms with E-state index in [0.29, 0.717) is 17.9 Å². The SMILES string of the molecule is CCOc1ccc2ccccc2c1/C=C1\NC(=O)N(Cc2ccc(F)cc2)C1=O. The number of urea groups is 1. The normalized spacial score (nSPS) is 15.2. The van der Waals surface area contributed by atoms with E-state index in [2.05, 4.69) is 5.32 Å². The Morgan fingerprint density at radius 2 is 1.79 bits per heavy atom. The van der Waals surface area contributed by atoms with Gasteiger partial charge < -0.3 is 10.1 Å². The van der Waals surface area contributed by atoms with Crippen molar-refractivity contribution in [2.24, 2.45) is 0 Å². The van der Waals surface area contributed by atoms with Crippen LogP contribution in [0, 0.1) is 5.82 Å². The van der Waals surface area contributed by atoms with Gasteiger partial charge in [0, 0.05) is 5.56 Å². The standard InChI is InChI=1S/C23H19FN2O3/c1-2-29-21-12-9-16-5-3-4-6-18(16)19(21)13-20-22(27)26(23(28)25-20)14-15-7-10-17(24)11-8-15/h3-13H,2,14H2,1H3,(H,25,28)/b20-13-. The molecule has 3 aromatic rings. The van der Waals surface area contributed by atoms with Gasteiger partial charge in [0.15, 0.2) is 0 Å². The Morgan fingerprint density at radius 3 is 2.55 bits per heavy atom. The number of rotatable bonds is 5. The molecule has 1 saturated heterocycles. The minimum absolute atomic E-state index is 0.0656. The van der Waals surface area contributed by atoms with Crippen molar-refractivity contribution in [2.45, 2.75) is 13.5 Å². The lowest BCUT2D eigenvalue weighted by atomic mass is 10.0. The van der Waals surface area contributed by atoms with Crippen LogP contribution in [-0.2, 0) is 11.3 Å². The molecule has 5 nitrogen and oxygen atoms in total. The molecule has 1 N–H and O–H groups in total. The van der Waals surface area contributed by atoms with Gasteiger partial charge in [-0.15, -0.1) is 0 Å². The fourth-order valence-electron chi connectivity index (χ4n) is 3.34. The van der Waals surface area contributed by atoms with Crippen molar-refractivity contribution in [2.75, 3.05) is 6.61 Å². The molecule has 29 heavy (non-hydrogen) atoms. The first-order chi connectivity index (χ1) is 14.1. The number of hydrogen-bond donors (Lipinski definition) is 1. The van der Waals surface area contributed by atoms with Gasteiger partial charge in [-0.1, -0.05) is 42.5 Å². The van der Waals surface area contributed by atoms with Crippen LogP contribution in [0.15, 0.2) is 66.4 Å². The van der Waals surface area contributed by atoms with Gasteiger partial charge in [-0.05, 0) is 47.5 Å². The van der Waals surface area contributed by atoms with E-state index < -0.39 is 11.9 Å². The van der Waals surface area contributed by atoms with Crippen molar-refractivity contribution >= 4 is 28.8 Å². The largest absolute Gasteiger partial charge is 0.493 e. The lowest BCUT2D eigenvalue weighted by molar-refractivity contribution is -0.123. The topological polar surface area (TPSA) is 58.6 Å². The van der Waals surface area contributed by atoms with E-state index in [9.17, 15) is 14.0 Å². The monoisotopic (exact) mass is 390 g/mol. The number of benzene rings is 3. The summed E-state index contributed by atoms with van der Waals surface area (Å²) >= 11 is 0. The number of fused-ring (bicyclic) bond motifs is 1. The summed E-state index contributed by atoms with van der Waals surface area (Å²) in [4.78, 5) is 26.3. The number of ether oxygens (including phenoxy) is 1. The maximum absolute atomic E-state index is 13.1. The van der Waals surface area contributed by atoms with Gasteiger partial charge in [0.05, 0.1) is 13.2 Å². The van der Waals surface area contributed by atoms with Crippen LogP contribution in [0.3, 0.4) is 0 Å². The zero-order chi connectivity index (χ0) is 20.4. The summed E-state index contributed by atoms with van der Waals surface area (Å²) in [7, 11) is 0. The zero-order valence-corrected chi connectivity index (χ0v) is 15.8. The molecule has 0 unspecified atom stereocenters. The molecule has 6 heteroatoms. The second kappa shape index (κ2) is 7.75. The molecule has 3 amide bonds. The number of halogens is 1. The van der Waals surface area contributed by atoms with Gasteiger partial charge in [0.1, 0.15) is 17.3 Å². The van der Waals surface area contributed by atoms with Gasteiger partial charge in [-0.3, -0.25) is 9.69 Å². The fourth-order valence-corrected chi connectivity index (χ4v) is 3.34. The van der Waals surface area contributed by atoms with Crippen LogP contribution in [-0.4, -0.2) is 23.4 Å². The summed E-state index contributed by atoms with van der Waals surface area (Å²) in [5, 5.41) is 4.56. The first kappa shape index (κ1) is 18.7. The molecule has 3 aromatic carbocycles. The lowest BCUT2D eigenvalue weighted by Crippen LogP contribution is -2.30. The van der Waals surface area contributed by atoms with Crippen LogP contribution in [0.4, 0.5) is 9.18 Å². The second-order valence-electron chi connectivity index (χ2n) is 6.64. The van der Waals surface area contributed by atoms with E-state index >= 15 is 0 Å². The third-order valence-corrected chi connectivity index (χ3v) is 4.74. The van der Waals surface area contributed by atoms with Crippen LogP contribution in [0.5, 0.6) is 5.75 Å². The number of carbonyl (C=O) groups excluding carboxylic acids is 2. The summed E-state index contributed by atoms with van der Waals surface area (Å²) in [6.45, 7) is 2.43. The van der Waals surface area contributed by atoms with Crippen molar-refractivity contribution in [3.63, 3.8) is 0 Å². The van der Waals surface area contributed by atoms with Gasteiger partial charge in [-0.2, -0.15) is 0 Å². The summed E-state index contributed by atoms with van der Waals surface area (Å²) in [5.74, 6) is -0.168. The molecule has 146 valence electrons. The molecule has 0 spiro atoms. The molecule has 1 fully saturated rings. The predicted molar refractivity (Wildman–Crippen MR) is 109 cm³/mol. The Labute approximate surface area is 167 Å². The molecule has 1 heterocycles. The quantitative estimate of drug-likeness (QED) is 0.517. The number of carbonyl (C=O) groups is 2. The summed E-state index contributed by atoms with van der Waals surface area (Å²) in [6, 6.07) is 16.8. The van der Waals surface area contributed by atoms with Crippen molar-refractivity contribution in [1.82, 2.24) is 10.2 Å². The Balaban J connectivity index is 1.70. The van der Waals surface area contributed by atoms with Gasteiger partial charge >= 0.3 is 6.03 Å². The second-order valence-corrected chi connectivity index (χ2v) is 6.64. The molecular weight excluding hydrogens is 371 g/mol. The van der Waals surface area contributed by atoms with Gasteiger partial charge in [-0.25, -0.2) is 9.18 Å². The highest BCUT2D eigenvalue weighted by molar-refractivity contribution is 6.14. The van der Waals surface area contributed by atoms with Crippen LogP contribution in [0.2, 0.25) is 0 Å². The molecule has 1 aliphatic rings. The minimum Gasteiger partial charge on any atom is -0.493 e. The van der Waals surface area contributed by atoms with Crippen molar-refractivity contribution in [3.05, 3.63) is 83.3 Å². The first-order valence-corrected chi connectivity index (χ1v) is 9.30. The van der Waals surface area contributed by atoms with Crippen LogP contribution in [0.1, 0.15) is 18.1 Å². The third kappa shape index (κ3) is 3.69. The number of nitrogens with zero attached hydrogens (tertiary/aromatic N) is 1. The molecule has 0 aliphatic carbocycles. The number of imide groups is 1. The average Bonchev–Trinajstić information content (AvgIpc) is 2.99. The minimum atomic E-state index is -0.510. The van der Waals surface area contributed by atoms with Gasteiger partial charge in [0.25, 0.3) is 5.91 Å². The Hall–Kier alpha value is -3.67. The van der Waals surface area contributed by atoms with Crippen molar-refractivity contribution in [3.8, 4) is 5.75 Å². The van der Waals surface area contributed by atoms with Crippen molar-refractivity contribution < 1.29 is 18.7 Å². The molecule has 0 saturated carbocycles. The Morgan fingerprint density at radius 1 is 1.03 bits per heavy atom. The Bertz CT molecular complexity index is 1120. The molecular formula is C23H19FN2O3. The van der Waals surface area contributed by atoms with E-state index in [0.717, 1.165) is 21.2 Å². The first-order valence-electron chi connectivity index (χ1n) is 9.30. The summed E-state index contributed by atoms with van der Waals surface area (Å²) < 4.78 is 18.8. The van der Waals surface area contributed by atoms with Crippen LogP contribution in [0.25, 0.3) is 16.8 Å². The third-order valence-electron chi connectivity index (χ3n) is 4.74. The Kier molecular flexibility index (Phi) is 4.99. The average molecular weight is 390 g/mol.